The van der Waals surface area contributed by atoms with E-state index in [0.717, 1.165) is 16.4 Å². The summed E-state index contributed by atoms with van der Waals surface area (Å²) < 4.78 is 1.09. The summed E-state index contributed by atoms with van der Waals surface area (Å²) in [5.74, 6) is 0.902. The van der Waals surface area contributed by atoms with Gasteiger partial charge in [-0.1, -0.05) is 20.3 Å². The lowest BCUT2D eigenvalue weighted by Crippen LogP contribution is -2.43. The third-order valence-electron chi connectivity index (χ3n) is 3.10. The van der Waals surface area contributed by atoms with E-state index in [1.165, 1.54) is 19.3 Å². The van der Waals surface area contributed by atoms with E-state index in [9.17, 15) is 0 Å². The van der Waals surface area contributed by atoms with Crippen molar-refractivity contribution in [1.29, 1.82) is 0 Å². The van der Waals surface area contributed by atoms with E-state index in [4.69, 9.17) is 0 Å². The highest BCUT2D eigenvalue weighted by Gasteiger charge is 2.18. The Balaban J connectivity index is 3.64. The van der Waals surface area contributed by atoms with Gasteiger partial charge in [0, 0.05) is 0 Å². The molecule has 0 N–H and O–H groups in total. The lowest BCUT2D eigenvalue weighted by molar-refractivity contribution is -0.894. The van der Waals surface area contributed by atoms with Gasteiger partial charge in [-0.05, 0) is 25.7 Å². The average Bonchev–Trinajstić information content (AvgIpc) is 1.97. The van der Waals surface area contributed by atoms with Crippen molar-refractivity contribution < 1.29 is 4.48 Å². The number of nitrogens with zero attached hydrogens (tertiary/aromatic N) is 1. The summed E-state index contributed by atoms with van der Waals surface area (Å²) in [6.07, 6.45) is 4.07. The van der Waals surface area contributed by atoms with E-state index >= 15 is 0 Å². The summed E-state index contributed by atoms with van der Waals surface area (Å²) in [6, 6.07) is 0.791. The van der Waals surface area contributed by atoms with Gasteiger partial charge in [-0.3, -0.25) is 0 Å². The minimum Gasteiger partial charge on any atom is -0.329 e. The van der Waals surface area contributed by atoms with Gasteiger partial charge in [0.05, 0.1) is 27.2 Å². The van der Waals surface area contributed by atoms with Gasteiger partial charge in [0.15, 0.2) is 0 Å². The molecule has 0 saturated carbocycles. The van der Waals surface area contributed by atoms with Gasteiger partial charge in [-0.25, -0.2) is 0 Å². The highest BCUT2D eigenvalue weighted by Crippen LogP contribution is 2.15. The maximum atomic E-state index is 2.35. The third-order valence-corrected chi connectivity index (χ3v) is 3.10. The summed E-state index contributed by atoms with van der Waals surface area (Å²) in [5.41, 5.74) is 0. The molecule has 0 bridgehead atoms. The van der Waals surface area contributed by atoms with Crippen molar-refractivity contribution in [2.75, 3.05) is 21.1 Å². The van der Waals surface area contributed by atoms with Gasteiger partial charge >= 0.3 is 0 Å². The first-order chi connectivity index (χ1) is 5.38. The monoisotopic (exact) mass is 172 g/mol. The van der Waals surface area contributed by atoms with Crippen LogP contribution in [-0.4, -0.2) is 31.7 Å². The highest BCUT2D eigenvalue weighted by molar-refractivity contribution is 4.55. The van der Waals surface area contributed by atoms with E-state index < -0.39 is 0 Å². The Morgan fingerprint density at radius 1 is 1.00 bits per heavy atom. The normalized spacial score (nSPS) is 17.5. The van der Waals surface area contributed by atoms with Crippen molar-refractivity contribution in [3.63, 3.8) is 0 Å². The van der Waals surface area contributed by atoms with Crippen LogP contribution in [0.4, 0.5) is 0 Å². The van der Waals surface area contributed by atoms with Crippen LogP contribution in [0, 0.1) is 5.92 Å². The van der Waals surface area contributed by atoms with E-state index in [1.54, 1.807) is 0 Å². The van der Waals surface area contributed by atoms with Gasteiger partial charge < -0.3 is 4.48 Å². The molecule has 0 aromatic heterocycles. The zero-order valence-electron chi connectivity index (χ0n) is 9.72. The molecule has 1 nitrogen and oxygen atoms in total. The molecule has 0 spiro atoms. The maximum Gasteiger partial charge on any atom is 0.0855 e. The van der Waals surface area contributed by atoms with Crippen LogP contribution < -0.4 is 0 Å². The molecule has 0 aliphatic carbocycles. The predicted molar refractivity (Wildman–Crippen MR) is 56.2 cm³/mol. The van der Waals surface area contributed by atoms with Gasteiger partial charge in [0.2, 0.25) is 0 Å². The second-order valence-corrected chi connectivity index (χ2v) is 5.06. The largest absolute Gasteiger partial charge is 0.329 e. The number of hydrogen-bond donors (Lipinski definition) is 0. The fourth-order valence-electron chi connectivity index (χ4n) is 1.12. The van der Waals surface area contributed by atoms with E-state index in [2.05, 4.69) is 41.9 Å². The van der Waals surface area contributed by atoms with Crippen LogP contribution >= 0.6 is 0 Å². The Kier molecular flexibility index (Phi) is 4.84. The zero-order chi connectivity index (χ0) is 9.78. The first-order valence-electron chi connectivity index (χ1n) is 5.19. The van der Waals surface area contributed by atoms with Crippen molar-refractivity contribution in [2.24, 2.45) is 5.92 Å². The lowest BCUT2D eigenvalue weighted by atomic mass is 9.99. The molecular formula is C11H26N+. The van der Waals surface area contributed by atoms with Crippen LogP contribution in [0.3, 0.4) is 0 Å². The third kappa shape index (κ3) is 4.76. The molecule has 0 rings (SSSR count). The van der Waals surface area contributed by atoms with Gasteiger partial charge in [-0.15, -0.1) is 0 Å². The molecule has 0 aliphatic heterocycles. The summed E-state index contributed by atoms with van der Waals surface area (Å²) in [7, 11) is 6.84. The second-order valence-electron chi connectivity index (χ2n) is 5.06. The molecule has 1 heteroatoms. The topological polar surface area (TPSA) is 0 Å². The first-order valence-corrected chi connectivity index (χ1v) is 5.19. The Bertz CT molecular complexity index is 113. The first kappa shape index (κ1) is 12.0. The molecule has 74 valence electrons. The van der Waals surface area contributed by atoms with Crippen LogP contribution in [0.5, 0.6) is 0 Å². The molecule has 0 amide bonds. The SMILES string of the molecule is CCC(C)CCC(C)[N+](C)(C)C. The number of rotatable bonds is 5. The molecule has 0 heterocycles. The van der Waals surface area contributed by atoms with E-state index in [1.807, 2.05) is 0 Å². The Morgan fingerprint density at radius 2 is 1.50 bits per heavy atom. The lowest BCUT2D eigenvalue weighted by Gasteiger charge is -2.32. The minimum absolute atomic E-state index is 0.791. The van der Waals surface area contributed by atoms with E-state index in [0.29, 0.717) is 0 Å². The highest BCUT2D eigenvalue weighted by atomic mass is 15.3. The molecule has 12 heavy (non-hydrogen) atoms. The van der Waals surface area contributed by atoms with Crippen LogP contribution in [0.2, 0.25) is 0 Å². The summed E-state index contributed by atoms with van der Waals surface area (Å²) >= 11 is 0. The summed E-state index contributed by atoms with van der Waals surface area (Å²) in [4.78, 5) is 0. The Labute approximate surface area is 78.4 Å². The molecule has 0 aliphatic rings. The number of hydrogen-bond acceptors (Lipinski definition) is 0. The molecule has 0 radical (unpaired) electrons. The molecule has 0 aromatic carbocycles. The average molecular weight is 172 g/mol. The standard InChI is InChI=1S/C11H26N/c1-7-10(2)8-9-11(3)12(4,5)6/h10-11H,7-9H2,1-6H3/q+1. The van der Waals surface area contributed by atoms with Crippen molar-refractivity contribution in [2.45, 2.75) is 46.1 Å². The molecule has 0 fully saturated rings. The quantitative estimate of drug-likeness (QED) is 0.559. The van der Waals surface area contributed by atoms with Crippen molar-refractivity contribution >= 4 is 0 Å². The van der Waals surface area contributed by atoms with Crippen LogP contribution in [0.15, 0.2) is 0 Å². The second kappa shape index (κ2) is 4.86. The smallest absolute Gasteiger partial charge is 0.0855 e. The fraction of sp³-hybridized carbons (Fsp3) is 1.00. The summed E-state index contributed by atoms with van der Waals surface area (Å²) in [5, 5.41) is 0. The van der Waals surface area contributed by atoms with Crippen LogP contribution in [0.25, 0.3) is 0 Å². The molecule has 2 atom stereocenters. The predicted octanol–water partition coefficient (Wildman–Crippen LogP) is 2.91. The van der Waals surface area contributed by atoms with Crippen molar-refractivity contribution in [3.05, 3.63) is 0 Å². The van der Waals surface area contributed by atoms with Crippen LogP contribution in [0.1, 0.15) is 40.0 Å². The number of quaternary nitrogens is 1. The Morgan fingerprint density at radius 3 is 1.83 bits per heavy atom. The van der Waals surface area contributed by atoms with Gasteiger partial charge in [-0.2, -0.15) is 0 Å². The zero-order valence-corrected chi connectivity index (χ0v) is 9.72. The van der Waals surface area contributed by atoms with Gasteiger partial charge in [0.25, 0.3) is 0 Å². The van der Waals surface area contributed by atoms with E-state index in [-0.39, 0.29) is 0 Å². The molecule has 2 unspecified atom stereocenters. The molecular weight excluding hydrogens is 146 g/mol. The summed E-state index contributed by atoms with van der Waals surface area (Å²) in [6.45, 7) is 6.98. The molecule has 0 aromatic rings. The maximum absolute atomic E-state index is 2.35. The van der Waals surface area contributed by atoms with Gasteiger partial charge in [0.1, 0.15) is 0 Å². The van der Waals surface area contributed by atoms with Crippen molar-refractivity contribution in [1.82, 2.24) is 0 Å². The Hall–Kier alpha value is -0.0400. The minimum atomic E-state index is 0.791. The van der Waals surface area contributed by atoms with Crippen LogP contribution in [-0.2, 0) is 0 Å². The molecule has 0 saturated heterocycles. The fourth-order valence-corrected chi connectivity index (χ4v) is 1.12. The van der Waals surface area contributed by atoms with Crippen molar-refractivity contribution in [3.8, 4) is 0 Å².